The predicted molar refractivity (Wildman–Crippen MR) is 81.4 cm³/mol. The van der Waals surface area contributed by atoms with Gasteiger partial charge in [-0.1, -0.05) is 39.0 Å². The van der Waals surface area contributed by atoms with E-state index < -0.39 is 0 Å². The third kappa shape index (κ3) is 7.12. The monoisotopic (exact) mass is 268 g/mol. The van der Waals surface area contributed by atoms with Crippen molar-refractivity contribution in [2.45, 2.75) is 71.8 Å². The normalized spacial score (nSPS) is 12.8. The van der Waals surface area contributed by atoms with Gasteiger partial charge in [0.25, 0.3) is 0 Å². The second kappa shape index (κ2) is 9.51. The van der Waals surface area contributed by atoms with Crippen LogP contribution >= 0.6 is 11.3 Å². The highest BCUT2D eigenvalue weighted by Crippen LogP contribution is 2.09. The lowest BCUT2D eigenvalue weighted by Crippen LogP contribution is -2.28. The zero-order chi connectivity index (χ0) is 13.2. The zero-order valence-electron chi connectivity index (χ0n) is 12.2. The lowest BCUT2D eigenvalue weighted by molar-refractivity contribution is 0.482. The molecule has 0 spiro atoms. The van der Waals surface area contributed by atoms with Crippen LogP contribution in [0.2, 0.25) is 0 Å². The van der Waals surface area contributed by atoms with Gasteiger partial charge in [0.2, 0.25) is 0 Å². The van der Waals surface area contributed by atoms with E-state index in [1.807, 2.05) is 0 Å². The summed E-state index contributed by atoms with van der Waals surface area (Å²) in [5.41, 5.74) is 1.24. The average molecular weight is 268 g/mol. The fraction of sp³-hybridized carbons (Fsp3) is 0.800. The highest BCUT2D eigenvalue weighted by molar-refractivity contribution is 7.09. The van der Waals surface area contributed by atoms with E-state index in [0.717, 1.165) is 13.0 Å². The first-order chi connectivity index (χ1) is 8.72. The molecule has 0 saturated heterocycles. The lowest BCUT2D eigenvalue weighted by Gasteiger charge is -2.13. The van der Waals surface area contributed by atoms with Crippen LogP contribution < -0.4 is 5.32 Å². The molecule has 0 saturated carbocycles. The van der Waals surface area contributed by atoms with Gasteiger partial charge in [0.1, 0.15) is 0 Å². The van der Waals surface area contributed by atoms with Crippen molar-refractivity contribution in [1.82, 2.24) is 10.3 Å². The Balaban J connectivity index is 1.98. The summed E-state index contributed by atoms with van der Waals surface area (Å²) in [4.78, 5) is 4.48. The van der Waals surface area contributed by atoms with Crippen LogP contribution in [0.5, 0.6) is 0 Å². The van der Waals surface area contributed by atoms with E-state index in [0.29, 0.717) is 6.04 Å². The van der Waals surface area contributed by atoms with Crippen LogP contribution in [0.25, 0.3) is 0 Å². The van der Waals surface area contributed by atoms with E-state index >= 15 is 0 Å². The summed E-state index contributed by atoms with van der Waals surface area (Å²) < 4.78 is 0. The van der Waals surface area contributed by atoms with Crippen LogP contribution in [0.3, 0.4) is 0 Å². The van der Waals surface area contributed by atoms with Gasteiger partial charge in [0, 0.05) is 24.4 Å². The molecular formula is C15H28N2S. The molecule has 1 heterocycles. The Bertz CT molecular complexity index is 309. The van der Waals surface area contributed by atoms with Gasteiger partial charge in [-0.3, -0.25) is 0 Å². The maximum Gasteiger partial charge on any atom is 0.0897 e. The van der Waals surface area contributed by atoms with E-state index in [1.54, 1.807) is 11.3 Å². The first-order valence-electron chi connectivity index (χ1n) is 7.36. The molecule has 3 heteroatoms. The van der Waals surface area contributed by atoms with Crippen LogP contribution in [-0.2, 0) is 6.42 Å². The molecule has 0 amide bonds. The van der Waals surface area contributed by atoms with Crippen molar-refractivity contribution in [3.05, 3.63) is 16.1 Å². The van der Waals surface area contributed by atoms with E-state index in [1.165, 1.54) is 49.2 Å². The van der Waals surface area contributed by atoms with Gasteiger partial charge < -0.3 is 5.32 Å². The Labute approximate surface area is 116 Å². The number of thiazole rings is 1. The highest BCUT2D eigenvalue weighted by Gasteiger charge is 2.02. The van der Waals surface area contributed by atoms with Crippen molar-refractivity contribution < 1.29 is 0 Å². The van der Waals surface area contributed by atoms with Gasteiger partial charge in [-0.15, -0.1) is 11.3 Å². The summed E-state index contributed by atoms with van der Waals surface area (Å²) in [5, 5.41) is 6.94. The van der Waals surface area contributed by atoms with Crippen molar-refractivity contribution in [1.29, 1.82) is 0 Å². The Kier molecular flexibility index (Phi) is 8.27. The second-order valence-corrected chi connectivity index (χ2v) is 6.23. The van der Waals surface area contributed by atoms with Gasteiger partial charge in [-0.05, 0) is 20.3 Å². The number of nitrogens with one attached hydrogen (secondary N) is 1. The quantitative estimate of drug-likeness (QED) is 0.639. The lowest BCUT2D eigenvalue weighted by atomic mass is 10.1. The van der Waals surface area contributed by atoms with Crippen LogP contribution in [-0.4, -0.2) is 17.6 Å². The van der Waals surface area contributed by atoms with E-state index in [2.05, 4.69) is 36.5 Å². The Morgan fingerprint density at radius 3 is 2.72 bits per heavy atom. The molecule has 1 rings (SSSR count). The number of hydrogen-bond donors (Lipinski definition) is 1. The maximum absolute atomic E-state index is 4.48. The minimum atomic E-state index is 0.645. The van der Waals surface area contributed by atoms with Gasteiger partial charge in [-0.25, -0.2) is 4.98 Å². The zero-order valence-corrected chi connectivity index (χ0v) is 13.0. The van der Waals surface area contributed by atoms with Crippen molar-refractivity contribution in [3.63, 3.8) is 0 Å². The van der Waals surface area contributed by atoms with Crippen molar-refractivity contribution >= 4 is 11.3 Å². The van der Waals surface area contributed by atoms with E-state index in [9.17, 15) is 0 Å². The van der Waals surface area contributed by atoms with Crippen LogP contribution in [0.1, 0.15) is 63.1 Å². The molecular weight excluding hydrogens is 240 g/mol. The van der Waals surface area contributed by atoms with Gasteiger partial charge in [-0.2, -0.15) is 0 Å². The van der Waals surface area contributed by atoms with E-state index in [4.69, 9.17) is 0 Å². The third-order valence-corrected chi connectivity index (χ3v) is 4.10. The molecule has 0 aromatic carbocycles. The second-order valence-electron chi connectivity index (χ2n) is 5.17. The summed E-state index contributed by atoms with van der Waals surface area (Å²) >= 11 is 1.75. The molecule has 0 aliphatic heterocycles. The maximum atomic E-state index is 4.48. The molecule has 2 nitrogen and oxygen atoms in total. The first-order valence-corrected chi connectivity index (χ1v) is 8.24. The average Bonchev–Trinajstić information content (AvgIpc) is 2.75. The first kappa shape index (κ1) is 15.6. The molecule has 1 aromatic heterocycles. The molecule has 1 N–H and O–H groups in total. The van der Waals surface area contributed by atoms with Crippen molar-refractivity contribution in [2.24, 2.45) is 0 Å². The fourth-order valence-corrected chi connectivity index (χ4v) is 2.77. The van der Waals surface area contributed by atoms with Gasteiger partial charge in [0.15, 0.2) is 0 Å². The molecule has 1 atom stereocenters. The van der Waals surface area contributed by atoms with Crippen LogP contribution in [0, 0.1) is 6.92 Å². The minimum Gasteiger partial charge on any atom is -0.314 e. The molecule has 1 unspecified atom stereocenters. The van der Waals surface area contributed by atoms with Gasteiger partial charge in [0.05, 0.1) is 10.7 Å². The number of aryl methyl sites for hydroxylation is 1. The molecule has 0 bridgehead atoms. The number of aromatic nitrogens is 1. The summed E-state index contributed by atoms with van der Waals surface area (Å²) in [5.74, 6) is 0. The summed E-state index contributed by atoms with van der Waals surface area (Å²) in [6.45, 7) is 7.69. The predicted octanol–water partition coefficient (Wildman–Crippen LogP) is 4.33. The molecule has 0 fully saturated rings. The third-order valence-electron chi connectivity index (χ3n) is 3.28. The molecule has 18 heavy (non-hydrogen) atoms. The summed E-state index contributed by atoms with van der Waals surface area (Å²) in [6, 6.07) is 0.645. The highest BCUT2D eigenvalue weighted by atomic mass is 32.1. The Morgan fingerprint density at radius 1 is 1.28 bits per heavy atom. The van der Waals surface area contributed by atoms with Crippen molar-refractivity contribution in [2.75, 3.05) is 6.54 Å². The minimum absolute atomic E-state index is 0.645. The summed E-state index contributed by atoms with van der Waals surface area (Å²) in [6.07, 6.45) is 9.26. The molecule has 0 aliphatic carbocycles. The summed E-state index contributed by atoms with van der Waals surface area (Å²) in [7, 11) is 0. The Morgan fingerprint density at radius 2 is 2.06 bits per heavy atom. The topological polar surface area (TPSA) is 24.9 Å². The number of rotatable bonds is 10. The van der Waals surface area contributed by atoms with Crippen molar-refractivity contribution in [3.8, 4) is 0 Å². The standard InChI is InChI=1S/C15H28N2S/c1-4-5-6-7-8-9-13(2)16-11-10-15-12-18-14(3)17-15/h12-13,16H,4-11H2,1-3H3. The van der Waals surface area contributed by atoms with Crippen LogP contribution in [0.4, 0.5) is 0 Å². The smallest absolute Gasteiger partial charge is 0.0897 e. The molecule has 104 valence electrons. The molecule has 0 radical (unpaired) electrons. The molecule has 0 aliphatic rings. The fourth-order valence-electron chi connectivity index (χ4n) is 2.13. The van der Waals surface area contributed by atoms with Crippen LogP contribution in [0.15, 0.2) is 5.38 Å². The molecule has 1 aromatic rings. The van der Waals surface area contributed by atoms with Gasteiger partial charge >= 0.3 is 0 Å². The number of nitrogens with zero attached hydrogens (tertiary/aromatic N) is 1. The van der Waals surface area contributed by atoms with E-state index in [-0.39, 0.29) is 0 Å². The number of hydrogen-bond acceptors (Lipinski definition) is 3. The largest absolute Gasteiger partial charge is 0.314 e. The Hall–Kier alpha value is -0.410. The number of unbranched alkanes of at least 4 members (excludes halogenated alkanes) is 4. The SMILES string of the molecule is CCCCCCCC(C)NCCc1csc(C)n1.